The number of aromatic nitrogens is 2. The highest BCUT2D eigenvalue weighted by molar-refractivity contribution is 6.29. The maximum absolute atomic E-state index is 9.04. The summed E-state index contributed by atoms with van der Waals surface area (Å²) in [5.41, 5.74) is 0. The molecule has 1 aliphatic heterocycles. The number of hydrogen-bond acceptors (Lipinski definition) is 4. The molecule has 1 fully saturated rings. The van der Waals surface area contributed by atoms with Gasteiger partial charge in [0.15, 0.2) is 11.0 Å². The largest absolute Gasteiger partial charge is 0.396 e. The van der Waals surface area contributed by atoms with Crippen molar-refractivity contribution in [1.82, 2.24) is 10.2 Å². The fraction of sp³-hybridized carbons (Fsp3) is 0.636. The normalized spacial score (nSPS) is 21.1. The average molecular weight is 242 g/mol. The molecule has 0 radical (unpaired) electrons. The molecule has 0 aromatic carbocycles. The van der Waals surface area contributed by atoms with Gasteiger partial charge >= 0.3 is 0 Å². The standard InChI is InChI=1S/C11H16ClN3O/c12-10-4-5-11(14-13-10)15-7-2-1-3-9(15)6-8-16/h4-5,9,16H,1-3,6-8H2. The van der Waals surface area contributed by atoms with E-state index in [0.29, 0.717) is 11.2 Å². The van der Waals surface area contributed by atoms with Crippen LogP contribution in [-0.2, 0) is 0 Å². The third-order valence-corrected chi connectivity index (χ3v) is 3.20. The van der Waals surface area contributed by atoms with Crippen LogP contribution in [0.1, 0.15) is 25.7 Å². The summed E-state index contributed by atoms with van der Waals surface area (Å²) in [7, 11) is 0. The van der Waals surface area contributed by atoms with Crippen molar-refractivity contribution in [3.05, 3.63) is 17.3 Å². The predicted octanol–water partition coefficient (Wildman–Crippen LogP) is 1.87. The Morgan fingerprint density at radius 2 is 2.25 bits per heavy atom. The van der Waals surface area contributed by atoms with Crippen molar-refractivity contribution in [2.75, 3.05) is 18.1 Å². The molecular formula is C11H16ClN3O. The zero-order chi connectivity index (χ0) is 11.4. The number of anilines is 1. The second kappa shape index (κ2) is 5.46. The molecule has 2 rings (SSSR count). The van der Waals surface area contributed by atoms with Crippen LogP contribution in [-0.4, -0.2) is 34.5 Å². The first-order valence-corrected chi connectivity index (χ1v) is 6.06. The van der Waals surface area contributed by atoms with Crippen LogP contribution < -0.4 is 4.90 Å². The maximum atomic E-state index is 9.04. The number of nitrogens with zero attached hydrogens (tertiary/aromatic N) is 3. The molecule has 1 aromatic rings. The lowest BCUT2D eigenvalue weighted by atomic mass is 10.00. The highest BCUT2D eigenvalue weighted by atomic mass is 35.5. The Kier molecular flexibility index (Phi) is 3.96. The number of hydrogen-bond donors (Lipinski definition) is 1. The topological polar surface area (TPSA) is 49.2 Å². The molecule has 5 heteroatoms. The molecule has 0 bridgehead atoms. The van der Waals surface area contributed by atoms with E-state index in [0.717, 1.165) is 25.2 Å². The van der Waals surface area contributed by atoms with E-state index in [2.05, 4.69) is 15.1 Å². The molecule has 1 aliphatic rings. The van der Waals surface area contributed by atoms with Gasteiger partial charge in [0.25, 0.3) is 0 Å². The minimum Gasteiger partial charge on any atom is -0.396 e. The van der Waals surface area contributed by atoms with Crippen molar-refractivity contribution in [3.8, 4) is 0 Å². The Bertz CT molecular complexity index is 329. The second-order valence-corrected chi connectivity index (χ2v) is 4.46. The quantitative estimate of drug-likeness (QED) is 0.878. The first-order valence-electron chi connectivity index (χ1n) is 5.68. The van der Waals surface area contributed by atoms with Crippen molar-refractivity contribution in [3.63, 3.8) is 0 Å². The van der Waals surface area contributed by atoms with Crippen molar-refractivity contribution in [2.24, 2.45) is 0 Å². The van der Waals surface area contributed by atoms with Crippen molar-refractivity contribution in [2.45, 2.75) is 31.7 Å². The van der Waals surface area contributed by atoms with Gasteiger partial charge in [-0.25, -0.2) is 0 Å². The molecule has 0 amide bonds. The summed E-state index contributed by atoms with van der Waals surface area (Å²) in [6.45, 7) is 1.21. The smallest absolute Gasteiger partial charge is 0.151 e. The summed E-state index contributed by atoms with van der Waals surface area (Å²) >= 11 is 5.72. The predicted molar refractivity (Wildman–Crippen MR) is 63.7 cm³/mol. The molecule has 16 heavy (non-hydrogen) atoms. The van der Waals surface area contributed by atoms with Crippen LogP contribution >= 0.6 is 11.6 Å². The van der Waals surface area contributed by atoms with Gasteiger partial charge in [0, 0.05) is 19.2 Å². The lowest BCUT2D eigenvalue weighted by Crippen LogP contribution is -2.40. The van der Waals surface area contributed by atoms with Crippen LogP contribution in [0.25, 0.3) is 0 Å². The van der Waals surface area contributed by atoms with Crippen molar-refractivity contribution in [1.29, 1.82) is 0 Å². The summed E-state index contributed by atoms with van der Waals surface area (Å²) in [6.07, 6.45) is 4.31. The monoisotopic (exact) mass is 241 g/mol. The maximum Gasteiger partial charge on any atom is 0.151 e. The van der Waals surface area contributed by atoms with E-state index in [1.807, 2.05) is 6.07 Å². The molecule has 1 N–H and O–H groups in total. The van der Waals surface area contributed by atoms with E-state index in [4.69, 9.17) is 16.7 Å². The van der Waals surface area contributed by atoms with Crippen molar-refractivity contribution >= 4 is 17.4 Å². The number of rotatable bonds is 3. The first-order chi connectivity index (χ1) is 7.81. The molecule has 2 heterocycles. The summed E-state index contributed by atoms with van der Waals surface area (Å²) in [6, 6.07) is 4.04. The molecular weight excluding hydrogens is 226 g/mol. The van der Waals surface area contributed by atoms with E-state index in [1.54, 1.807) is 6.07 Å². The van der Waals surface area contributed by atoms with E-state index >= 15 is 0 Å². The average Bonchev–Trinajstić information content (AvgIpc) is 2.32. The van der Waals surface area contributed by atoms with Crippen LogP contribution in [0.4, 0.5) is 5.82 Å². The third kappa shape index (κ3) is 2.62. The van der Waals surface area contributed by atoms with Gasteiger partial charge in [0.05, 0.1) is 0 Å². The van der Waals surface area contributed by atoms with Crippen LogP contribution in [0.2, 0.25) is 5.15 Å². The number of aliphatic hydroxyl groups is 1. The van der Waals surface area contributed by atoms with Gasteiger partial charge in [-0.1, -0.05) is 11.6 Å². The Balaban J connectivity index is 2.13. The molecule has 0 aliphatic carbocycles. The van der Waals surface area contributed by atoms with E-state index in [-0.39, 0.29) is 6.61 Å². The molecule has 0 spiro atoms. The van der Waals surface area contributed by atoms with E-state index in [1.165, 1.54) is 12.8 Å². The summed E-state index contributed by atoms with van der Waals surface area (Å²) < 4.78 is 0. The molecule has 1 saturated heterocycles. The number of aliphatic hydroxyl groups excluding tert-OH is 1. The van der Waals surface area contributed by atoms with Crippen LogP contribution in [0.3, 0.4) is 0 Å². The minimum atomic E-state index is 0.224. The lowest BCUT2D eigenvalue weighted by Gasteiger charge is -2.36. The van der Waals surface area contributed by atoms with Gasteiger partial charge in [-0.05, 0) is 37.8 Å². The molecule has 1 atom stereocenters. The summed E-state index contributed by atoms with van der Waals surface area (Å²) in [5.74, 6) is 0.863. The Morgan fingerprint density at radius 1 is 1.38 bits per heavy atom. The second-order valence-electron chi connectivity index (χ2n) is 4.07. The zero-order valence-corrected chi connectivity index (χ0v) is 9.90. The zero-order valence-electron chi connectivity index (χ0n) is 9.14. The number of halogens is 1. The Labute approximate surface area is 100 Å². The van der Waals surface area contributed by atoms with Gasteiger partial charge in [0.2, 0.25) is 0 Å². The van der Waals surface area contributed by atoms with E-state index in [9.17, 15) is 0 Å². The van der Waals surface area contributed by atoms with Gasteiger partial charge in [-0.2, -0.15) is 0 Å². The summed E-state index contributed by atoms with van der Waals surface area (Å²) in [5, 5.41) is 17.4. The van der Waals surface area contributed by atoms with Crippen LogP contribution in [0, 0.1) is 0 Å². The van der Waals surface area contributed by atoms with Gasteiger partial charge < -0.3 is 10.0 Å². The fourth-order valence-corrected chi connectivity index (χ4v) is 2.31. The molecule has 88 valence electrons. The number of piperidine rings is 1. The van der Waals surface area contributed by atoms with Gasteiger partial charge in [-0.3, -0.25) is 0 Å². The molecule has 1 aromatic heterocycles. The van der Waals surface area contributed by atoms with E-state index < -0.39 is 0 Å². The van der Waals surface area contributed by atoms with Crippen molar-refractivity contribution < 1.29 is 5.11 Å². The lowest BCUT2D eigenvalue weighted by molar-refractivity contribution is 0.262. The highest BCUT2D eigenvalue weighted by Crippen LogP contribution is 2.24. The Hall–Kier alpha value is -0.870. The highest BCUT2D eigenvalue weighted by Gasteiger charge is 2.23. The van der Waals surface area contributed by atoms with Crippen LogP contribution in [0.15, 0.2) is 12.1 Å². The Morgan fingerprint density at radius 3 is 2.94 bits per heavy atom. The third-order valence-electron chi connectivity index (χ3n) is 3.00. The van der Waals surface area contributed by atoms with Gasteiger partial charge in [0.1, 0.15) is 0 Å². The fourth-order valence-electron chi connectivity index (χ4n) is 2.21. The molecule has 1 unspecified atom stereocenters. The van der Waals surface area contributed by atoms with Crippen LogP contribution in [0.5, 0.6) is 0 Å². The van der Waals surface area contributed by atoms with Gasteiger partial charge in [-0.15, -0.1) is 10.2 Å². The first kappa shape index (κ1) is 11.6. The SMILES string of the molecule is OCCC1CCCCN1c1ccc(Cl)nn1. The molecule has 4 nitrogen and oxygen atoms in total. The molecule has 0 saturated carbocycles. The summed E-state index contributed by atoms with van der Waals surface area (Å²) in [4.78, 5) is 2.23. The minimum absolute atomic E-state index is 0.224.